The van der Waals surface area contributed by atoms with E-state index >= 15 is 0 Å². The normalized spacial score (nSPS) is 24.5. The standard InChI is InChI=1S/C25H28ClF2N7O2/c1-36-22-13-29-5-4-17(22)23(24-31-7-14(26)8-32-24)37-16-9-33-25(34-10-16)35-21-12-30-11-19(21)18-6-15(27)2-3-20(18)28/h2-3,6-10,17,19,21-23,29-30H,4-5,11-13H2,1H3,(H,33,34,35). The van der Waals surface area contributed by atoms with E-state index in [1.807, 2.05) is 0 Å². The zero-order valence-corrected chi connectivity index (χ0v) is 21.0. The van der Waals surface area contributed by atoms with Gasteiger partial charge in [-0.15, -0.1) is 0 Å². The summed E-state index contributed by atoms with van der Waals surface area (Å²) in [6.07, 6.45) is 6.45. The summed E-state index contributed by atoms with van der Waals surface area (Å²) < 4.78 is 40.2. The number of anilines is 1. The first kappa shape index (κ1) is 25.7. The van der Waals surface area contributed by atoms with Gasteiger partial charge in [0.15, 0.2) is 17.7 Å². The number of nitrogens with one attached hydrogen (secondary N) is 3. The molecule has 4 heterocycles. The molecule has 0 bridgehead atoms. The first-order valence-electron chi connectivity index (χ1n) is 12.1. The maximum Gasteiger partial charge on any atom is 0.223 e. The number of rotatable bonds is 8. The van der Waals surface area contributed by atoms with E-state index in [-0.39, 0.29) is 24.0 Å². The molecule has 0 aliphatic carbocycles. The van der Waals surface area contributed by atoms with E-state index in [9.17, 15) is 8.78 Å². The Morgan fingerprint density at radius 1 is 1.03 bits per heavy atom. The average molecular weight is 532 g/mol. The van der Waals surface area contributed by atoms with Crippen molar-refractivity contribution in [3.8, 4) is 5.75 Å². The lowest BCUT2D eigenvalue weighted by Gasteiger charge is -2.35. The van der Waals surface area contributed by atoms with Crippen LogP contribution in [0.5, 0.6) is 5.75 Å². The molecule has 196 valence electrons. The van der Waals surface area contributed by atoms with E-state index in [0.29, 0.717) is 47.7 Å². The topological polar surface area (TPSA) is 106 Å². The van der Waals surface area contributed by atoms with E-state index in [1.165, 1.54) is 6.07 Å². The van der Waals surface area contributed by atoms with Gasteiger partial charge in [-0.25, -0.2) is 28.7 Å². The van der Waals surface area contributed by atoms with Crippen LogP contribution >= 0.6 is 11.6 Å². The van der Waals surface area contributed by atoms with Crippen LogP contribution in [0.2, 0.25) is 5.02 Å². The van der Waals surface area contributed by atoms with Crippen LogP contribution in [0.3, 0.4) is 0 Å². The SMILES string of the molecule is COC1CNCCC1C(Oc1cnc(NC2CNCC2c2cc(F)ccc2F)nc1)c1ncc(Cl)cn1. The Kier molecular flexibility index (Phi) is 8.04. The largest absolute Gasteiger partial charge is 0.479 e. The summed E-state index contributed by atoms with van der Waals surface area (Å²) in [7, 11) is 1.68. The lowest BCUT2D eigenvalue weighted by atomic mass is 9.88. The molecule has 37 heavy (non-hydrogen) atoms. The molecule has 2 aliphatic rings. The zero-order valence-electron chi connectivity index (χ0n) is 20.2. The van der Waals surface area contributed by atoms with Crippen LogP contribution in [0.25, 0.3) is 0 Å². The summed E-state index contributed by atoms with van der Waals surface area (Å²) in [4.78, 5) is 17.6. The lowest BCUT2D eigenvalue weighted by Crippen LogP contribution is -2.45. The number of benzene rings is 1. The van der Waals surface area contributed by atoms with Gasteiger partial charge in [-0.1, -0.05) is 11.6 Å². The summed E-state index contributed by atoms with van der Waals surface area (Å²) in [6.45, 7) is 2.58. The summed E-state index contributed by atoms with van der Waals surface area (Å²) in [5.41, 5.74) is 0.322. The van der Waals surface area contributed by atoms with Crippen molar-refractivity contribution < 1.29 is 18.3 Å². The van der Waals surface area contributed by atoms with Crippen LogP contribution < -0.4 is 20.7 Å². The molecule has 1 aromatic carbocycles. The Hall–Kier alpha value is -2.99. The van der Waals surface area contributed by atoms with Gasteiger partial charge in [0.25, 0.3) is 0 Å². The molecular formula is C25H28ClF2N7O2. The van der Waals surface area contributed by atoms with Gasteiger partial charge < -0.3 is 25.4 Å². The smallest absolute Gasteiger partial charge is 0.223 e. The fraction of sp³-hybridized carbons (Fsp3) is 0.440. The molecule has 2 aromatic heterocycles. The molecule has 3 N–H and O–H groups in total. The summed E-state index contributed by atoms with van der Waals surface area (Å²) in [5.74, 6) is 0.123. The Labute approximate surface area is 218 Å². The first-order valence-corrected chi connectivity index (χ1v) is 12.5. The van der Waals surface area contributed by atoms with Crippen LogP contribution in [0.1, 0.15) is 29.8 Å². The van der Waals surface area contributed by atoms with Crippen molar-refractivity contribution in [2.24, 2.45) is 5.92 Å². The maximum absolute atomic E-state index is 14.4. The lowest BCUT2D eigenvalue weighted by molar-refractivity contribution is -0.0236. The average Bonchev–Trinajstić information content (AvgIpc) is 3.38. The molecule has 3 aromatic rings. The minimum Gasteiger partial charge on any atom is -0.479 e. The molecule has 2 saturated heterocycles. The van der Waals surface area contributed by atoms with Gasteiger partial charge in [-0.2, -0.15) is 0 Å². The van der Waals surface area contributed by atoms with Gasteiger partial charge in [0, 0.05) is 57.0 Å². The van der Waals surface area contributed by atoms with E-state index in [0.717, 1.165) is 25.1 Å². The van der Waals surface area contributed by atoms with Crippen LogP contribution in [-0.4, -0.2) is 65.4 Å². The fourth-order valence-electron chi connectivity index (χ4n) is 4.98. The molecular weight excluding hydrogens is 504 g/mol. The highest BCUT2D eigenvalue weighted by atomic mass is 35.5. The summed E-state index contributed by atoms with van der Waals surface area (Å²) >= 11 is 6.00. The van der Waals surface area contributed by atoms with Crippen molar-refractivity contribution in [2.75, 3.05) is 38.6 Å². The van der Waals surface area contributed by atoms with Crippen LogP contribution in [-0.2, 0) is 4.74 Å². The molecule has 5 rings (SSSR count). The molecule has 2 aliphatic heterocycles. The third kappa shape index (κ3) is 5.96. The number of methoxy groups -OCH3 is 1. The van der Waals surface area contributed by atoms with Crippen molar-refractivity contribution in [3.63, 3.8) is 0 Å². The summed E-state index contributed by atoms with van der Waals surface area (Å²) in [6, 6.07) is 3.30. The second-order valence-electron chi connectivity index (χ2n) is 9.15. The number of nitrogens with zero attached hydrogens (tertiary/aromatic N) is 4. The van der Waals surface area contributed by atoms with Gasteiger partial charge in [-0.3, -0.25) is 0 Å². The predicted octanol–water partition coefficient (Wildman–Crippen LogP) is 3.11. The van der Waals surface area contributed by atoms with Gasteiger partial charge in [0.2, 0.25) is 5.95 Å². The van der Waals surface area contributed by atoms with Crippen molar-refractivity contribution in [2.45, 2.75) is 30.6 Å². The molecule has 0 radical (unpaired) electrons. The number of ether oxygens (including phenoxy) is 2. The van der Waals surface area contributed by atoms with Crippen molar-refractivity contribution in [1.29, 1.82) is 0 Å². The Bertz CT molecular complexity index is 1190. The minimum absolute atomic E-state index is 0.00304. The second kappa shape index (κ2) is 11.6. The van der Waals surface area contributed by atoms with E-state index in [2.05, 4.69) is 35.9 Å². The minimum atomic E-state index is -0.494. The van der Waals surface area contributed by atoms with E-state index in [4.69, 9.17) is 21.1 Å². The molecule has 0 amide bonds. The Morgan fingerprint density at radius 2 is 1.81 bits per heavy atom. The maximum atomic E-state index is 14.4. The van der Waals surface area contributed by atoms with E-state index < -0.39 is 17.7 Å². The fourth-order valence-corrected chi connectivity index (χ4v) is 5.07. The quantitative estimate of drug-likeness (QED) is 0.404. The monoisotopic (exact) mass is 531 g/mol. The van der Waals surface area contributed by atoms with Crippen LogP contribution in [0.4, 0.5) is 14.7 Å². The number of halogens is 3. The van der Waals surface area contributed by atoms with Gasteiger partial charge in [0.1, 0.15) is 11.6 Å². The Balaban J connectivity index is 1.32. The first-order chi connectivity index (χ1) is 18.0. The van der Waals surface area contributed by atoms with Crippen molar-refractivity contribution in [3.05, 3.63) is 71.0 Å². The predicted molar refractivity (Wildman–Crippen MR) is 134 cm³/mol. The third-order valence-electron chi connectivity index (χ3n) is 6.84. The molecule has 0 spiro atoms. The van der Waals surface area contributed by atoms with Gasteiger partial charge in [0.05, 0.1) is 23.5 Å². The highest BCUT2D eigenvalue weighted by Gasteiger charge is 2.36. The number of hydrogen-bond acceptors (Lipinski definition) is 9. The van der Waals surface area contributed by atoms with Crippen molar-refractivity contribution in [1.82, 2.24) is 30.6 Å². The second-order valence-corrected chi connectivity index (χ2v) is 9.59. The van der Waals surface area contributed by atoms with Gasteiger partial charge >= 0.3 is 0 Å². The molecule has 9 nitrogen and oxygen atoms in total. The molecule has 12 heteroatoms. The highest BCUT2D eigenvalue weighted by Crippen LogP contribution is 2.33. The Morgan fingerprint density at radius 3 is 2.57 bits per heavy atom. The zero-order chi connectivity index (χ0) is 25.8. The molecule has 0 saturated carbocycles. The molecule has 5 atom stereocenters. The van der Waals surface area contributed by atoms with E-state index in [1.54, 1.807) is 31.9 Å². The van der Waals surface area contributed by atoms with Crippen LogP contribution in [0.15, 0.2) is 43.0 Å². The van der Waals surface area contributed by atoms with Crippen LogP contribution in [0, 0.1) is 17.6 Å². The molecule has 2 fully saturated rings. The summed E-state index contributed by atoms with van der Waals surface area (Å²) in [5, 5.41) is 10.2. The third-order valence-corrected chi connectivity index (χ3v) is 7.04. The number of piperidine rings is 1. The number of aromatic nitrogens is 4. The van der Waals surface area contributed by atoms with Gasteiger partial charge in [-0.05, 0) is 36.7 Å². The number of hydrogen-bond donors (Lipinski definition) is 3. The van der Waals surface area contributed by atoms with Crippen molar-refractivity contribution >= 4 is 17.5 Å². The highest BCUT2D eigenvalue weighted by molar-refractivity contribution is 6.30. The molecule has 5 unspecified atom stereocenters.